The van der Waals surface area contributed by atoms with Crippen molar-refractivity contribution in [3.63, 3.8) is 0 Å². The molecule has 31 heavy (non-hydrogen) atoms. The predicted molar refractivity (Wildman–Crippen MR) is 125 cm³/mol. The summed E-state index contributed by atoms with van der Waals surface area (Å²) in [5, 5.41) is 3.45. The SMILES string of the molecule is Cc1ccc(S(=O)(=O)N(CC(=O)Nc2cccc(C)c2)Cc2ccc(Cl)c(Cl)c2)cc1. The molecule has 0 aliphatic carbocycles. The van der Waals surface area contributed by atoms with E-state index in [0.29, 0.717) is 21.3 Å². The molecule has 0 unspecified atom stereocenters. The fourth-order valence-electron chi connectivity index (χ4n) is 3.01. The second-order valence-electron chi connectivity index (χ2n) is 7.25. The summed E-state index contributed by atoms with van der Waals surface area (Å²) in [4.78, 5) is 12.8. The lowest BCUT2D eigenvalue weighted by atomic mass is 10.2. The Morgan fingerprint density at radius 3 is 2.26 bits per heavy atom. The number of sulfonamides is 1. The van der Waals surface area contributed by atoms with Crippen molar-refractivity contribution in [1.29, 1.82) is 0 Å². The predicted octanol–water partition coefficient (Wildman–Crippen LogP) is 5.44. The number of hydrogen-bond acceptors (Lipinski definition) is 3. The topological polar surface area (TPSA) is 66.5 Å². The average Bonchev–Trinajstić information content (AvgIpc) is 2.70. The average molecular weight is 477 g/mol. The van der Waals surface area contributed by atoms with Crippen molar-refractivity contribution in [3.8, 4) is 0 Å². The van der Waals surface area contributed by atoms with E-state index in [4.69, 9.17) is 23.2 Å². The zero-order valence-corrected chi connectivity index (χ0v) is 19.4. The number of amides is 1. The summed E-state index contributed by atoms with van der Waals surface area (Å²) < 4.78 is 27.8. The van der Waals surface area contributed by atoms with Gasteiger partial charge in [-0.05, 0) is 61.4 Å². The molecule has 8 heteroatoms. The minimum atomic E-state index is -3.94. The number of nitrogens with zero attached hydrogens (tertiary/aromatic N) is 1. The van der Waals surface area contributed by atoms with Crippen LogP contribution in [0.5, 0.6) is 0 Å². The van der Waals surface area contributed by atoms with E-state index in [1.807, 2.05) is 32.0 Å². The molecular weight excluding hydrogens is 455 g/mol. The Balaban J connectivity index is 1.90. The third-order valence-corrected chi connectivity index (χ3v) is 7.17. The first-order valence-corrected chi connectivity index (χ1v) is 11.7. The summed E-state index contributed by atoms with van der Waals surface area (Å²) in [6, 6.07) is 18.7. The molecular formula is C23H22Cl2N2O3S. The molecule has 162 valence electrons. The van der Waals surface area contributed by atoms with Gasteiger partial charge in [0.2, 0.25) is 15.9 Å². The molecule has 0 saturated carbocycles. The summed E-state index contributed by atoms with van der Waals surface area (Å²) in [6.07, 6.45) is 0. The number of anilines is 1. The van der Waals surface area contributed by atoms with Gasteiger partial charge in [-0.25, -0.2) is 8.42 Å². The first-order chi connectivity index (χ1) is 14.6. The maximum absolute atomic E-state index is 13.3. The highest BCUT2D eigenvalue weighted by atomic mass is 35.5. The van der Waals surface area contributed by atoms with Gasteiger partial charge in [-0.3, -0.25) is 4.79 Å². The van der Waals surface area contributed by atoms with Crippen molar-refractivity contribution >= 4 is 44.8 Å². The van der Waals surface area contributed by atoms with Crippen molar-refractivity contribution in [3.05, 3.63) is 93.5 Å². The lowest BCUT2D eigenvalue weighted by Crippen LogP contribution is -2.37. The third-order valence-electron chi connectivity index (χ3n) is 4.62. The highest BCUT2D eigenvalue weighted by Crippen LogP contribution is 2.25. The molecule has 0 spiro atoms. The lowest BCUT2D eigenvalue weighted by Gasteiger charge is -2.22. The standard InChI is InChI=1S/C23H22Cl2N2O3S/c1-16-6-9-20(10-7-16)31(29,30)27(14-18-8-11-21(24)22(25)13-18)15-23(28)26-19-5-3-4-17(2)12-19/h3-13H,14-15H2,1-2H3,(H,26,28). The number of halogens is 2. The van der Waals surface area contributed by atoms with Gasteiger partial charge in [-0.15, -0.1) is 0 Å². The van der Waals surface area contributed by atoms with E-state index in [1.165, 1.54) is 12.1 Å². The van der Waals surface area contributed by atoms with E-state index in [9.17, 15) is 13.2 Å². The molecule has 0 aromatic heterocycles. The summed E-state index contributed by atoms with van der Waals surface area (Å²) in [7, 11) is -3.94. The fourth-order valence-corrected chi connectivity index (χ4v) is 4.72. The molecule has 3 aromatic rings. The number of aryl methyl sites for hydroxylation is 2. The largest absolute Gasteiger partial charge is 0.325 e. The number of carbonyl (C=O) groups is 1. The van der Waals surface area contributed by atoms with Crippen molar-refractivity contribution in [2.45, 2.75) is 25.3 Å². The van der Waals surface area contributed by atoms with Gasteiger partial charge in [0.1, 0.15) is 0 Å². The Bertz CT molecular complexity index is 1200. The Morgan fingerprint density at radius 2 is 1.61 bits per heavy atom. The molecule has 1 N–H and O–H groups in total. The van der Waals surface area contributed by atoms with E-state index in [0.717, 1.165) is 15.4 Å². The van der Waals surface area contributed by atoms with Gasteiger partial charge < -0.3 is 5.32 Å². The first-order valence-electron chi connectivity index (χ1n) is 9.52. The lowest BCUT2D eigenvalue weighted by molar-refractivity contribution is -0.116. The van der Waals surface area contributed by atoms with Crippen LogP contribution < -0.4 is 5.32 Å². The van der Waals surface area contributed by atoms with Gasteiger partial charge in [-0.2, -0.15) is 4.31 Å². The molecule has 0 aliphatic heterocycles. The maximum Gasteiger partial charge on any atom is 0.243 e. The summed E-state index contributed by atoms with van der Waals surface area (Å²) in [6.45, 7) is 3.39. The van der Waals surface area contributed by atoms with Gasteiger partial charge >= 0.3 is 0 Å². The monoisotopic (exact) mass is 476 g/mol. The number of benzene rings is 3. The number of nitrogens with one attached hydrogen (secondary N) is 1. The molecule has 1 amide bonds. The highest BCUT2D eigenvalue weighted by molar-refractivity contribution is 7.89. The first kappa shape index (κ1) is 23.3. The van der Waals surface area contributed by atoms with Crippen LogP contribution in [0.25, 0.3) is 0 Å². The number of carbonyl (C=O) groups excluding carboxylic acids is 1. The van der Waals surface area contributed by atoms with E-state index >= 15 is 0 Å². The molecule has 0 bridgehead atoms. The number of rotatable bonds is 7. The smallest absolute Gasteiger partial charge is 0.243 e. The van der Waals surface area contributed by atoms with Crippen molar-refractivity contribution < 1.29 is 13.2 Å². The highest BCUT2D eigenvalue weighted by Gasteiger charge is 2.27. The van der Waals surface area contributed by atoms with E-state index in [2.05, 4.69) is 5.32 Å². The summed E-state index contributed by atoms with van der Waals surface area (Å²) >= 11 is 12.1. The molecule has 0 fully saturated rings. The van der Waals surface area contributed by atoms with Crippen molar-refractivity contribution in [2.24, 2.45) is 0 Å². The Labute approximate surface area is 192 Å². The Kier molecular flexibility index (Phi) is 7.38. The quantitative estimate of drug-likeness (QED) is 0.493. The molecule has 3 aromatic carbocycles. The van der Waals surface area contributed by atoms with Crippen LogP contribution in [0.4, 0.5) is 5.69 Å². The molecule has 0 atom stereocenters. The summed E-state index contributed by atoms with van der Waals surface area (Å²) in [5.41, 5.74) is 3.14. The Hall–Kier alpha value is -2.38. The van der Waals surface area contributed by atoms with E-state index in [-0.39, 0.29) is 18.0 Å². The van der Waals surface area contributed by atoms with Crippen molar-refractivity contribution in [1.82, 2.24) is 4.31 Å². The molecule has 0 saturated heterocycles. The molecule has 0 radical (unpaired) electrons. The molecule has 3 rings (SSSR count). The maximum atomic E-state index is 13.3. The van der Waals surface area contributed by atoms with Crippen LogP contribution in [0.3, 0.4) is 0 Å². The minimum Gasteiger partial charge on any atom is -0.325 e. The zero-order valence-electron chi connectivity index (χ0n) is 17.1. The molecule has 0 aliphatic rings. The van der Waals surface area contributed by atoms with Crippen LogP contribution in [0.1, 0.15) is 16.7 Å². The number of hydrogen-bond donors (Lipinski definition) is 1. The van der Waals surface area contributed by atoms with Gasteiger partial charge in [0.15, 0.2) is 0 Å². The van der Waals surface area contributed by atoms with Gasteiger partial charge in [0, 0.05) is 12.2 Å². The van der Waals surface area contributed by atoms with E-state index < -0.39 is 15.9 Å². The van der Waals surface area contributed by atoms with Gasteiger partial charge in [-0.1, -0.05) is 59.1 Å². The fraction of sp³-hybridized carbons (Fsp3) is 0.174. The zero-order chi connectivity index (χ0) is 22.6. The van der Waals surface area contributed by atoms with Gasteiger partial charge in [0.05, 0.1) is 21.5 Å². The van der Waals surface area contributed by atoms with Crippen molar-refractivity contribution in [2.75, 3.05) is 11.9 Å². The van der Waals surface area contributed by atoms with E-state index in [1.54, 1.807) is 36.4 Å². The minimum absolute atomic E-state index is 0.0334. The second-order valence-corrected chi connectivity index (χ2v) is 10.0. The Morgan fingerprint density at radius 1 is 0.903 bits per heavy atom. The van der Waals surface area contributed by atoms with Crippen LogP contribution in [0.15, 0.2) is 71.6 Å². The van der Waals surface area contributed by atoms with Crippen LogP contribution in [-0.2, 0) is 21.4 Å². The second kappa shape index (κ2) is 9.83. The molecule has 5 nitrogen and oxygen atoms in total. The van der Waals surface area contributed by atoms with Crippen LogP contribution in [-0.4, -0.2) is 25.2 Å². The van der Waals surface area contributed by atoms with Gasteiger partial charge in [0.25, 0.3) is 0 Å². The third kappa shape index (κ3) is 6.08. The van der Waals surface area contributed by atoms with Crippen LogP contribution in [0, 0.1) is 13.8 Å². The van der Waals surface area contributed by atoms with Crippen LogP contribution >= 0.6 is 23.2 Å². The van der Waals surface area contributed by atoms with Crippen LogP contribution in [0.2, 0.25) is 10.0 Å². The normalized spacial score (nSPS) is 11.5. The molecule has 0 heterocycles. The summed E-state index contributed by atoms with van der Waals surface area (Å²) in [5.74, 6) is -0.443.